The van der Waals surface area contributed by atoms with E-state index in [-0.39, 0.29) is 0 Å². The maximum Gasteiger partial charge on any atom is 0.149 e. The second-order valence-electron chi connectivity index (χ2n) is 6.91. The van der Waals surface area contributed by atoms with Crippen molar-refractivity contribution in [2.24, 2.45) is 0 Å². The lowest BCUT2D eigenvalue weighted by Crippen LogP contribution is -1.98. The summed E-state index contributed by atoms with van der Waals surface area (Å²) in [5, 5.41) is 10.4. The minimum absolute atomic E-state index is 0.505. The molecule has 0 bridgehead atoms. The van der Waals surface area contributed by atoms with Gasteiger partial charge in [-0.3, -0.25) is 0 Å². The molecule has 2 heterocycles. The molecule has 2 aromatic heterocycles. The Balaban J connectivity index is 1.79. The molecule has 4 nitrogen and oxygen atoms in total. The Labute approximate surface area is 168 Å². The van der Waals surface area contributed by atoms with Gasteiger partial charge in [0, 0.05) is 22.1 Å². The second kappa shape index (κ2) is 7.03. The van der Waals surface area contributed by atoms with E-state index in [1.54, 1.807) is 0 Å². The first-order valence-electron chi connectivity index (χ1n) is 8.99. The topological polar surface area (TPSA) is 57.4 Å². The summed E-state index contributed by atoms with van der Waals surface area (Å²) < 4.78 is 2.15. The summed E-state index contributed by atoms with van der Waals surface area (Å²) in [5.41, 5.74) is 7.61. The molecule has 1 N–H and O–H groups in total. The standard InChI is InChI=1S/C23H19ClN4/c1-14-4-9-21-22(10-14)27-23(26-21)18(13-25)12-17-11-15(2)28(16(17)3)20-7-5-19(24)6-8-20/h4-12H,1-3H3,(H,26,27)/b18-12+. The van der Waals surface area contributed by atoms with Gasteiger partial charge in [0.2, 0.25) is 0 Å². The third kappa shape index (κ3) is 3.21. The van der Waals surface area contributed by atoms with Crippen LogP contribution in [0.15, 0.2) is 48.5 Å². The predicted molar refractivity (Wildman–Crippen MR) is 115 cm³/mol. The molecule has 0 aliphatic heterocycles. The van der Waals surface area contributed by atoms with Crippen LogP contribution in [0.25, 0.3) is 28.4 Å². The lowest BCUT2D eigenvalue weighted by Gasteiger charge is -2.09. The molecular weight excluding hydrogens is 368 g/mol. The van der Waals surface area contributed by atoms with Gasteiger partial charge in [0.15, 0.2) is 0 Å². The number of allylic oxidation sites excluding steroid dienone is 1. The van der Waals surface area contributed by atoms with Crippen molar-refractivity contribution in [3.8, 4) is 11.8 Å². The number of benzene rings is 2. The number of hydrogen-bond acceptors (Lipinski definition) is 2. The Morgan fingerprint density at radius 1 is 1.11 bits per heavy atom. The van der Waals surface area contributed by atoms with Crippen LogP contribution in [0, 0.1) is 32.1 Å². The lowest BCUT2D eigenvalue weighted by atomic mass is 10.1. The predicted octanol–water partition coefficient (Wildman–Crippen LogP) is 6.00. The molecule has 0 radical (unpaired) electrons. The molecule has 0 aliphatic carbocycles. The highest BCUT2D eigenvalue weighted by atomic mass is 35.5. The van der Waals surface area contributed by atoms with E-state index in [1.807, 2.05) is 62.4 Å². The summed E-state index contributed by atoms with van der Waals surface area (Å²) in [7, 11) is 0. The third-order valence-electron chi connectivity index (χ3n) is 4.87. The van der Waals surface area contributed by atoms with Crippen LogP contribution in [0.2, 0.25) is 5.02 Å². The third-order valence-corrected chi connectivity index (χ3v) is 5.12. The zero-order valence-electron chi connectivity index (χ0n) is 15.9. The minimum atomic E-state index is 0.505. The number of aryl methyl sites for hydroxylation is 2. The second-order valence-corrected chi connectivity index (χ2v) is 7.35. The number of nitriles is 1. The van der Waals surface area contributed by atoms with Crippen molar-refractivity contribution in [3.05, 3.63) is 81.9 Å². The molecule has 0 aliphatic rings. The molecule has 2 aromatic carbocycles. The van der Waals surface area contributed by atoms with Crippen molar-refractivity contribution < 1.29 is 0 Å². The first-order valence-corrected chi connectivity index (χ1v) is 9.37. The van der Waals surface area contributed by atoms with Crippen LogP contribution in [-0.4, -0.2) is 14.5 Å². The highest BCUT2D eigenvalue weighted by Crippen LogP contribution is 2.26. The number of nitrogens with one attached hydrogen (secondary N) is 1. The van der Waals surface area contributed by atoms with Gasteiger partial charge in [-0.1, -0.05) is 17.7 Å². The van der Waals surface area contributed by atoms with Gasteiger partial charge in [-0.2, -0.15) is 5.26 Å². The highest BCUT2D eigenvalue weighted by Gasteiger charge is 2.13. The monoisotopic (exact) mass is 386 g/mol. The van der Waals surface area contributed by atoms with Crippen LogP contribution in [0.1, 0.15) is 28.3 Å². The van der Waals surface area contributed by atoms with E-state index in [0.717, 1.165) is 39.2 Å². The van der Waals surface area contributed by atoms with Gasteiger partial charge in [0.05, 0.1) is 16.6 Å². The molecule has 0 spiro atoms. The molecule has 0 fully saturated rings. The minimum Gasteiger partial charge on any atom is -0.337 e. The van der Waals surface area contributed by atoms with Crippen LogP contribution in [0.3, 0.4) is 0 Å². The Morgan fingerprint density at radius 2 is 1.86 bits per heavy atom. The summed E-state index contributed by atoms with van der Waals surface area (Å²) >= 11 is 6.02. The quantitative estimate of drug-likeness (QED) is 0.439. The number of H-pyrrole nitrogens is 1. The molecule has 4 rings (SSSR count). The highest BCUT2D eigenvalue weighted by molar-refractivity contribution is 6.30. The molecule has 0 atom stereocenters. The molecule has 0 amide bonds. The summed E-state index contributed by atoms with van der Waals surface area (Å²) in [6.07, 6.45) is 1.89. The van der Waals surface area contributed by atoms with Crippen molar-refractivity contribution in [1.82, 2.24) is 14.5 Å². The van der Waals surface area contributed by atoms with Gasteiger partial charge >= 0.3 is 0 Å². The van der Waals surface area contributed by atoms with Crippen LogP contribution in [0.4, 0.5) is 0 Å². The molecule has 138 valence electrons. The van der Waals surface area contributed by atoms with Gasteiger partial charge in [-0.25, -0.2) is 4.98 Å². The fraction of sp³-hybridized carbons (Fsp3) is 0.130. The van der Waals surface area contributed by atoms with E-state index >= 15 is 0 Å². The lowest BCUT2D eigenvalue weighted by molar-refractivity contribution is 0.964. The summed E-state index contributed by atoms with van der Waals surface area (Å²) in [5.74, 6) is 0.583. The average Bonchev–Trinajstić information content (AvgIpc) is 3.20. The number of aromatic nitrogens is 3. The summed E-state index contributed by atoms with van der Waals surface area (Å²) in [4.78, 5) is 7.84. The fourth-order valence-electron chi connectivity index (χ4n) is 3.48. The van der Waals surface area contributed by atoms with Crippen molar-refractivity contribution in [3.63, 3.8) is 0 Å². The van der Waals surface area contributed by atoms with E-state index in [4.69, 9.17) is 11.6 Å². The van der Waals surface area contributed by atoms with Crippen molar-refractivity contribution in [2.45, 2.75) is 20.8 Å². The zero-order valence-corrected chi connectivity index (χ0v) is 16.7. The average molecular weight is 387 g/mol. The number of fused-ring (bicyclic) bond motifs is 1. The largest absolute Gasteiger partial charge is 0.337 e. The molecule has 0 saturated heterocycles. The van der Waals surface area contributed by atoms with E-state index in [9.17, 15) is 5.26 Å². The number of aromatic amines is 1. The Morgan fingerprint density at radius 3 is 2.57 bits per heavy atom. The van der Waals surface area contributed by atoms with Crippen LogP contribution in [-0.2, 0) is 0 Å². The maximum atomic E-state index is 9.74. The maximum absolute atomic E-state index is 9.74. The SMILES string of the molecule is Cc1ccc2nc(/C(C#N)=C/c3cc(C)n(-c4ccc(Cl)cc4)c3C)[nH]c2c1. The Hall–Kier alpha value is -3.29. The first-order chi connectivity index (χ1) is 13.5. The van der Waals surface area contributed by atoms with Gasteiger partial charge in [0.1, 0.15) is 11.9 Å². The summed E-state index contributed by atoms with van der Waals surface area (Å²) in [6.45, 7) is 6.13. The number of hydrogen-bond donors (Lipinski definition) is 1. The number of imidazole rings is 1. The number of halogens is 1. The normalized spacial score (nSPS) is 11.8. The number of rotatable bonds is 3. The van der Waals surface area contributed by atoms with Crippen molar-refractivity contribution in [2.75, 3.05) is 0 Å². The van der Waals surface area contributed by atoms with E-state index < -0.39 is 0 Å². The fourth-order valence-corrected chi connectivity index (χ4v) is 3.61. The molecule has 4 aromatic rings. The zero-order chi connectivity index (χ0) is 19.8. The number of nitrogens with zero attached hydrogens (tertiary/aromatic N) is 3. The van der Waals surface area contributed by atoms with Crippen molar-refractivity contribution in [1.29, 1.82) is 5.26 Å². The van der Waals surface area contributed by atoms with Gasteiger partial charge in [-0.15, -0.1) is 0 Å². The molecule has 5 heteroatoms. The van der Waals surface area contributed by atoms with Gasteiger partial charge < -0.3 is 9.55 Å². The smallest absolute Gasteiger partial charge is 0.149 e. The molecular formula is C23H19ClN4. The van der Waals surface area contributed by atoms with Crippen LogP contribution in [0.5, 0.6) is 0 Å². The first kappa shape index (κ1) is 18.1. The Bertz CT molecular complexity index is 1250. The van der Waals surface area contributed by atoms with Crippen LogP contribution >= 0.6 is 11.6 Å². The van der Waals surface area contributed by atoms with Crippen molar-refractivity contribution >= 4 is 34.3 Å². The van der Waals surface area contributed by atoms with Crippen LogP contribution < -0.4 is 0 Å². The molecule has 28 heavy (non-hydrogen) atoms. The van der Waals surface area contributed by atoms with E-state index in [1.165, 1.54) is 0 Å². The molecule has 0 saturated carbocycles. The molecule has 0 unspecified atom stereocenters. The van der Waals surface area contributed by atoms with Gasteiger partial charge in [0.25, 0.3) is 0 Å². The Kier molecular flexibility index (Phi) is 4.54. The van der Waals surface area contributed by atoms with Gasteiger partial charge in [-0.05, 0) is 80.4 Å². The van der Waals surface area contributed by atoms with E-state index in [2.05, 4.69) is 33.6 Å². The summed E-state index contributed by atoms with van der Waals surface area (Å²) in [6, 6.07) is 18.1. The van der Waals surface area contributed by atoms with E-state index in [0.29, 0.717) is 16.4 Å².